The maximum atomic E-state index is 12.8. The second-order valence-electron chi connectivity index (χ2n) is 4.54. The van der Waals surface area contributed by atoms with E-state index in [1.165, 1.54) is 0 Å². The van der Waals surface area contributed by atoms with Crippen molar-refractivity contribution in [2.75, 3.05) is 5.75 Å². The van der Waals surface area contributed by atoms with Crippen molar-refractivity contribution in [2.45, 2.75) is 10.8 Å². The van der Waals surface area contributed by atoms with Gasteiger partial charge in [-0.1, -0.05) is 30.3 Å². The van der Waals surface area contributed by atoms with Crippen LogP contribution < -0.4 is 0 Å². The molecule has 0 aliphatic rings. The molecule has 0 spiro atoms. The molecule has 110 valence electrons. The van der Waals surface area contributed by atoms with Crippen molar-refractivity contribution in [1.29, 1.82) is 0 Å². The van der Waals surface area contributed by atoms with E-state index in [9.17, 15) is 22.7 Å². The molecular formula is C15H13FO4S. The second kappa shape index (κ2) is 6.05. The van der Waals surface area contributed by atoms with Gasteiger partial charge in [-0.25, -0.2) is 12.8 Å². The number of aliphatic carboxylic acids is 1. The van der Waals surface area contributed by atoms with E-state index >= 15 is 0 Å². The Morgan fingerprint density at radius 1 is 1.05 bits per heavy atom. The van der Waals surface area contributed by atoms with Crippen LogP contribution in [0.4, 0.5) is 4.39 Å². The summed E-state index contributed by atoms with van der Waals surface area (Å²) in [4.78, 5) is 11.2. The fourth-order valence-corrected chi connectivity index (χ4v) is 3.47. The standard InChI is InChI=1S/C15H13FO4S/c16-12-6-8-13(9-7-12)21(19,20)10-14(15(17)18)11-4-2-1-3-5-11/h1-9,14H,10H2,(H,17,18). The van der Waals surface area contributed by atoms with Crippen molar-refractivity contribution in [3.8, 4) is 0 Å². The van der Waals surface area contributed by atoms with Gasteiger partial charge in [0.15, 0.2) is 9.84 Å². The molecule has 2 aromatic carbocycles. The summed E-state index contributed by atoms with van der Waals surface area (Å²) >= 11 is 0. The summed E-state index contributed by atoms with van der Waals surface area (Å²) in [6.45, 7) is 0. The SMILES string of the molecule is O=C(O)C(CS(=O)(=O)c1ccc(F)cc1)c1ccccc1. The molecule has 0 amide bonds. The Hall–Kier alpha value is -2.21. The molecule has 0 fully saturated rings. The van der Waals surface area contributed by atoms with Crippen LogP contribution in [0.25, 0.3) is 0 Å². The number of carbonyl (C=O) groups is 1. The van der Waals surface area contributed by atoms with Crippen LogP contribution in [0.5, 0.6) is 0 Å². The molecule has 0 aliphatic carbocycles. The quantitative estimate of drug-likeness (QED) is 0.861. The van der Waals surface area contributed by atoms with Gasteiger partial charge in [-0.2, -0.15) is 0 Å². The normalized spacial score (nSPS) is 12.8. The Kier molecular flexibility index (Phi) is 4.37. The Morgan fingerprint density at radius 3 is 2.14 bits per heavy atom. The molecule has 2 rings (SSSR count). The zero-order valence-electron chi connectivity index (χ0n) is 10.9. The Balaban J connectivity index is 2.32. The number of hydrogen-bond donors (Lipinski definition) is 1. The third kappa shape index (κ3) is 3.66. The number of carboxylic acids is 1. The van der Waals surface area contributed by atoms with E-state index in [0.717, 1.165) is 24.3 Å². The summed E-state index contributed by atoms with van der Waals surface area (Å²) < 4.78 is 37.3. The lowest BCUT2D eigenvalue weighted by Crippen LogP contribution is -2.22. The molecular weight excluding hydrogens is 295 g/mol. The number of carboxylic acid groups (broad SMARTS) is 1. The topological polar surface area (TPSA) is 71.4 Å². The van der Waals surface area contributed by atoms with E-state index in [2.05, 4.69) is 0 Å². The lowest BCUT2D eigenvalue weighted by atomic mass is 10.0. The molecule has 1 atom stereocenters. The first kappa shape index (κ1) is 15.2. The van der Waals surface area contributed by atoms with Crippen LogP contribution in [-0.2, 0) is 14.6 Å². The molecule has 0 aromatic heterocycles. The summed E-state index contributed by atoms with van der Waals surface area (Å²) in [6.07, 6.45) is 0. The van der Waals surface area contributed by atoms with Gasteiger partial charge in [0, 0.05) is 0 Å². The fraction of sp³-hybridized carbons (Fsp3) is 0.133. The van der Waals surface area contributed by atoms with Gasteiger partial charge in [0.2, 0.25) is 0 Å². The van der Waals surface area contributed by atoms with Gasteiger partial charge in [-0.15, -0.1) is 0 Å². The van der Waals surface area contributed by atoms with E-state index in [1.807, 2.05) is 0 Å². The Morgan fingerprint density at radius 2 is 1.62 bits per heavy atom. The van der Waals surface area contributed by atoms with Gasteiger partial charge in [0.1, 0.15) is 5.82 Å². The minimum absolute atomic E-state index is 0.0916. The van der Waals surface area contributed by atoms with Crippen LogP contribution in [0, 0.1) is 5.82 Å². The molecule has 21 heavy (non-hydrogen) atoms. The average Bonchev–Trinajstić information content (AvgIpc) is 2.46. The van der Waals surface area contributed by atoms with Crippen LogP contribution >= 0.6 is 0 Å². The first-order chi connectivity index (χ1) is 9.90. The van der Waals surface area contributed by atoms with Crippen LogP contribution in [0.1, 0.15) is 11.5 Å². The Bertz CT molecular complexity index is 724. The molecule has 0 aliphatic heterocycles. The maximum absolute atomic E-state index is 12.8. The van der Waals surface area contributed by atoms with Crippen LogP contribution in [0.15, 0.2) is 59.5 Å². The minimum atomic E-state index is -3.82. The Labute approximate surface area is 121 Å². The zero-order valence-corrected chi connectivity index (χ0v) is 11.8. The smallest absolute Gasteiger partial charge is 0.312 e. The van der Waals surface area contributed by atoms with Crippen molar-refractivity contribution in [1.82, 2.24) is 0 Å². The monoisotopic (exact) mass is 308 g/mol. The van der Waals surface area contributed by atoms with E-state index in [-0.39, 0.29) is 4.90 Å². The van der Waals surface area contributed by atoms with Crippen LogP contribution in [0.3, 0.4) is 0 Å². The molecule has 2 aromatic rings. The average molecular weight is 308 g/mol. The predicted octanol–water partition coefficient (Wildman–Crippen LogP) is 2.47. The first-order valence-electron chi connectivity index (χ1n) is 6.16. The molecule has 0 saturated carbocycles. The number of rotatable bonds is 5. The second-order valence-corrected chi connectivity index (χ2v) is 6.57. The molecule has 1 unspecified atom stereocenters. The molecule has 0 saturated heterocycles. The first-order valence-corrected chi connectivity index (χ1v) is 7.81. The molecule has 0 heterocycles. The van der Waals surface area contributed by atoms with E-state index in [1.54, 1.807) is 30.3 Å². The van der Waals surface area contributed by atoms with Crippen molar-refractivity contribution < 1.29 is 22.7 Å². The number of halogens is 1. The highest BCUT2D eigenvalue weighted by atomic mass is 32.2. The molecule has 0 radical (unpaired) electrons. The number of benzene rings is 2. The third-order valence-electron chi connectivity index (χ3n) is 3.06. The predicted molar refractivity (Wildman–Crippen MR) is 75.3 cm³/mol. The van der Waals surface area contributed by atoms with Gasteiger partial charge in [0.05, 0.1) is 16.6 Å². The largest absolute Gasteiger partial charge is 0.481 e. The fourth-order valence-electron chi connectivity index (χ4n) is 1.95. The number of hydrogen-bond acceptors (Lipinski definition) is 3. The van der Waals surface area contributed by atoms with E-state index in [4.69, 9.17) is 0 Å². The highest BCUT2D eigenvalue weighted by Crippen LogP contribution is 2.22. The maximum Gasteiger partial charge on any atom is 0.312 e. The summed E-state index contributed by atoms with van der Waals surface area (Å²) in [5, 5.41) is 9.26. The van der Waals surface area contributed by atoms with Crippen molar-refractivity contribution in [3.05, 3.63) is 66.0 Å². The minimum Gasteiger partial charge on any atom is -0.481 e. The lowest BCUT2D eigenvalue weighted by molar-refractivity contribution is -0.138. The van der Waals surface area contributed by atoms with Crippen molar-refractivity contribution >= 4 is 15.8 Å². The summed E-state index contributed by atoms with van der Waals surface area (Å²) in [5.41, 5.74) is 0.413. The summed E-state index contributed by atoms with van der Waals surface area (Å²) in [5.74, 6) is -3.50. The van der Waals surface area contributed by atoms with Crippen molar-refractivity contribution in [2.24, 2.45) is 0 Å². The van der Waals surface area contributed by atoms with Crippen LogP contribution in [-0.4, -0.2) is 25.2 Å². The number of sulfone groups is 1. The van der Waals surface area contributed by atoms with Crippen LogP contribution in [0.2, 0.25) is 0 Å². The van der Waals surface area contributed by atoms with Gasteiger partial charge < -0.3 is 5.11 Å². The van der Waals surface area contributed by atoms with E-state index in [0.29, 0.717) is 5.56 Å². The molecule has 6 heteroatoms. The third-order valence-corrected chi connectivity index (χ3v) is 4.82. The summed E-state index contributed by atoms with van der Waals surface area (Å²) in [7, 11) is -3.82. The summed E-state index contributed by atoms with van der Waals surface area (Å²) in [6, 6.07) is 12.5. The molecule has 4 nitrogen and oxygen atoms in total. The highest BCUT2D eigenvalue weighted by Gasteiger charge is 2.27. The van der Waals surface area contributed by atoms with Crippen molar-refractivity contribution in [3.63, 3.8) is 0 Å². The zero-order chi connectivity index (χ0) is 15.5. The molecule has 1 N–H and O–H groups in total. The van der Waals surface area contributed by atoms with Gasteiger partial charge >= 0.3 is 5.97 Å². The molecule has 0 bridgehead atoms. The van der Waals surface area contributed by atoms with E-state index < -0.39 is 33.3 Å². The van der Waals surface area contributed by atoms with Gasteiger partial charge in [0.25, 0.3) is 0 Å². The van der Waals surface area contributed by atoms with Gasteiger partial charge in [-0.3, -0.25) is 4.79 Å². The lowest BCUT2D eigenvalue weighted by Gasteiger charge is -2.13. The highest BCUT2D eigenvalue weighted by molar-refractivity contribution is 7.91. The van der Waals surface area contributed by atoms with Gasteiger partial charge in [-0.05, 0) is 29.8 Å².